The molecular formula is C20H23N5O. The summed E-state index contributed by atoms with van der Waals surface area (Å²) < 4.78 is 1.63. The Morgan fingerprint density at radius 2 is 2.00 bits per heavy atom. The minimum atomic E-state index is -0.0940. The van der Waals surface area contributed by atoms with Crippen molar-refractivity contribution in [2.24, 2.45) is 5.92 Å². The van der Waals surface area contributed by atoms with E-state index in [0.29, 0.717) is 11.7 Å². The van der Waals surface area contributed by atoms with Crippen LogP contribution in [0.25, 0.3) is 5.78 Å². The number of nitrogens with zero attached hydrogens (tertiary/aromatic N) is 5. The number of rotatable bonds is 3. The van der Waals surface area contributed by atoms with Crippen molar-refractivity contribution in [1.29, 1.82) is 0 Å². The van der Waals surface area contributed by atoms with Gasteiger partial charge in [-0.2, -0.15) is 4.98 Å². The van der Waals surface area contributed by atoms with Crippen LogP contribution in [0.15, 0.2) is 36.5 Å². The minimum Gasteiger partial charge on any atom is -0.336 e. The third-order valence-corrected chi connectivity index (χ3v) is 5.07. The van der Waals surface area contributed by atoms with Gasteiger partial charge in [-0.3, -0.25) is 4.79 Å². The molecule has 6 heteroatoms. The van der Waals surface area contributed by atoms with E-state index in [0.717, 1.165) is 38.0 Å². The highest BCUT2D eigenvalue weighted by molar-refractivity contribution is 5.91. The van der Waals surface area contributed by atoms with Crippen LogP contribution in [0.4, 0.5) is 0 Å². The highest BCUT2D eigenvalue weighted by Crippen LogP contribution is 2.22. The third-order valence-electron chi connectivity index (χ3n) is 5.07. The van der Waals surface area contributed by atoms with Gasteiger partial charge < -0.3 is 4.90 Å². The quantitative estimate of drug-likeness (QED) is 0.729. The number of fused-ring (bicyclic) bond motifs is 1. The molecule has 1 unspecified atom stereocenters. The van der Waals surface area contributed by atoms with Gasteiger partial charge >= 0.3 is 0 Å². The predicted octanol–water partition coefficient (Wildman–Crippen LogP) is 2.84. The van der Waals surface area contributed by atoms with E-state index < -0.39 is 0 Å². The molecule has 3 aromatic rings. The van der Waals surface area contributed by atoms with Crippen molar-refractivity contribution in [3.05, 3.63) is 59.2 Å². The Kier molecular flexibility index (Phi) is 4.41. The van der Waals surface area contributed by atoms with Crippen molar-refractivity contribution in [3.8, 4) is 0 Å². The van der Waals surface area contributed by atoms with Crippen molar-refractivity contribution < 1.29 is 4.79 Å². The van der Waals surface area contributed by atoms with Crippen molar-refractivity contribution in [2.45, 2.75) is 33.1 Å². The van der Waals surface area contributed by atoms with E-state index in [1.807, 2.05) is 17.9 Å². The van der Waals surface area contributed by atoms with Crippen LogP contribution < -0.4 is 0 Å². The van der Waals surface area contributed by atoms with E-state index in [9.17, 15) is 4.79 Å². The molecule has 1 aliphatic heterocycles. The second-order valence-corrected chi connectivity index (χ2v) is 7.18. The molecule has 0 bridgehead atoms. The van der Waals surface area contributed by atoms with Gasteiger partial charge in [0.25, 0.3) is 11.7 Å². The van der Waals surface area contributed by atoms with Crippen molar-refractivity contribution in [1.82, 2.24) is 24.5 Å². The molecule has 1 atom stereocenters. The number of amides is 1. The Hall–Kier alpha value is -2.76. The van der Waals surface area contributed by atoms with Crippen LogP contribution in [0.1, 0.15) is 40.3 Å². The first-order valence-electron chi connectivity index (χ1n) is 9.13. The Labute approximate surface area is 152 Å². The number of piperidine rings is 1. The molecule has 26 heavy (non-hydrogen) atoms. The van der Waals surface area contributed by atoms with Crippen molar-refractivity contribution in [3.63, 3.8) is 0 Å². The number of benzene rings is 1. The van der Waals surface area contributed by atoms with Crippen molar-refractivity contribution >= 4 is 11.7 Å². The zero-order valence-corrected chi connectivity index (χ0v) is 15.2. The zero-order chi connectivity index (χ0) is 18.1. The number of hydrogen-bond acceptors (Lipinski definition) is 4. The lowest BCUT2D eigenvalue weighted by atomic mass is 9.91. The van der Waals surface area contributed by atoms with Gasteiger partial charge in [0.2, 0.25) is 5.82 Å². The predicted molar refractivity (Wildman–Crippen MR) is 99.0 cm³/mol. The van der Waals surface area contributed by atoms with Crippen LogP contribution in [-0.2, 0) is 6.42 Å². The molecule has 0 radical (unpaired) electrons. The maximum Gasteiger partial charge on any atom is 0.293 e. The molecule has 134 valence electrons. The Bertz CT molecular complexity index is 931. The first-order chi connectivity index (χ1) is 12.6. The molecule has 1 aromatic carbocycles. The van der Waals surface area contributed by atoms with Crippen LogP contribution in [0, 0.1) is 19.8 Å². The summed E-state index contributed by atoms with van der Waals surface area (Å²) in [5.41, 5.74) is 3.52. The number of hydrogen-bond donors (Lipinski definition) is 0. The molecule has 0 saturated carbocycles. The summed E-state index contributed by atoms with van der Waals surface area (Å²) in [5.74, 6) is 1.10. The fourth-order valence-electron chi connectivity index (χ4n) is 3.61. The average molecular weight is 349 g/mol. The standard InChI is InChI=1S/C20H23N5O/c1-14-5-7-16(8-6-14)12-17-4-3-11-24(13-17)19(26)18-22-20-21-10-9-15(2)25(20)23-18/h5-10,17H,3-4,11-13H2,1-2H3. The van der Waals surface area contributed by atoms with Crippen LogP contribution in [0.2, 0.25) is 0 Å². The highest BCUT2D eigenvalue weighted by Gasteiger charge is 2.27. The van der Waals surface area contributed by atoms with E-state index in [1.165, 1.54) is 11.1 Å². The second-order valence-electron chi connectivity index (χ2n) is 7.18. The summed E-state index contributed by atoms with van der Waals surface area (Å²) in [6.45, 7) is 5.55. The SMILES string of the molecule is Cc1ccc(CC2CCCN(C(=O)c3nc4nccc(C)n4n3)C2)cc1. The van der Waals surface area contributed by atoms with E-state index in [-0.39, 0.29) is 11.7 Å². The summed E-state index contributed by atoms with van der Waals surface area (Å²) in [5, 5.41) is 4.36. The van der Waals surface area contributed by atoms with Gasteiger partial charge in [-0.1, -0.05) is 29.8 Å². The first-order valence-corrected chi connectivity index (χ1v) is 9.13. The maximum absolute atomic E-state index is 12.9. The van der Waals surface area contributed by atoms with Gasteiger partial charge in [0, 0.05) is 25.0 Å². The van der Waals surface area contributed by atoms with Crippen LogP contribution >= 0.6 is 0 Å². The molecule has 2 aromatic heterocycles. The summed E-state index contributed by atoms with van der Waals surface area (Å²) >= 11 is 0. The van der Waals surface area contributed by atoms with Gasteiger partial charge in [-0.25, -0.2) is 9.50 Å². The number of carbonyl (C=O) groups excluding carboxylic acids is 1. The van der Waals surface area contributed by atoms with Crippen LogP contribution in [0.5, 0.6) is 0 Å². The molecule has 1 saturated heterocycles. The zero-order valence-electron chi connectivity index (χ0n) is 15.2. The van der Waals surface area contributed by atoms with Crippen LogP contribution in [0.3, 0.4) is 0 Å². The summed E-state index contributed by atoms with van der Waals surface area (Å²) in [4.78, 5) is 23.3. The fourth-order valence-corrected chi connectivity index (χ4v) is 3.61. The molecule has 1 amide bonds. The van der Waals surface area contributed by atoms with Gasteiger partial charge in [-0.05, 0) is 50.7 Å². The van der Waals surface area contributed by atoms with Gasteiger partial charge in [-0.15, -0.1) is 5.10 Å². The summed E-state index contributed by atoms with van der Waals surface area (Å²) in [6, 6.07) is 10.5. The topological polar surface area (TPSA) is 63.4 Å². The number of aromatic nitrogens is 4. The normalized spacial score (nSPS) is 17.6. The van der Waals surface area contributed by atoms with Crippen LogP contribution in [-0.4, -0.2) is 43.5 Å². The Balaban J connectivity index is 1.48. The summed E-state index contributed by atoms with van der Waals surface area (Å²) in [6.07, 6.45) is 4.86. The minimum absolute atomic E-state index is 0.0940. The highest BCUT2D eigenvalue weighted by atomic mass is 16.2. The monoisotopic (exact) mass is 349 g/mol. The van der Waals surface area contributed by atoms with E-state index >= 15 is 0 Å². The third kappa shape index (κ3) is 3.31. The maximum atomic E-state index is 12.9. The molecule has 0 spiro atoms. The smallest absolute Gasteiger partial charge is 0.293 e. The Morgan fingerprint density at radius 3 is 2.77 bits per heavy atom. The molecule has 1 aliphatic rings. The first kappa shape index (κ1) is 16.7. The molecule has 1 fully saturated rings. The number of likely N-dealkylation sites (tertiary alicyclic amines) is 1. The largest absolute Gasteiger partial charge is 0.336 e. The lowest BCUT2D eigenvalue weighted by Gasteiger charge is -2.32. The van der Waals surface area contributed by atoms with Gasteiger partial charge in [0.15, 0.2) is 0 Å². The number of carbonyl (C=O) groups is 1. The summed E-state index contributed by atoms with van der Waals surface area (Å²) in [7, 11) is 0. The molecule has 0 aliphatic carbocycles. The Morgan fingerprint density at radius 1 is 1.19 bits per heavy atom. The molecule has 6 nitrogen and oxygen atoms in total. The van der Waals surface area contributed by atoms with Gasteiger partial charge in [0.05, 0.1) is 0 Å². The fraction of sp³-hybridized carbons (Fsp3) is 0.400. The van der Waals surface area contributed by atoms with E-state index in [4.69, 9.17) is 0 Å². The molecular weight excluding hydrogens is 326 g/mol. The number of aryl methyl sites for hydroxylation is 2. The average Bonchev–Trinajstić information content (AvgIpc) is 3.09. The lowest BCUT2D eigenvalue weighted by Crippen LogP contribution is -2.41. The second kappa shape index (κ2) is 6.86. The molecule has 0 N–H and O–H groups in total. The van der Waals surface area contributed by atoms with Crippen molar-refractivity contribution in [2.75, 3.05) is 13.1 Å². The molecule has 3 heterocycles. The lowest BCUT2D eigenvalue weighted by molar-refractivity contribution is 0.0661. The van der Waals surface area contributed by atoms with E-state index in [1.54, 1.807) is 10.7 Å². The molecule has 4 rings (SSSR count). The van der Waals surface area contributed by atoms with Gasteiger partial charge in [0.1, 0.15) is 0 Å². The van der Waals surface area contributed by atoms with E-state index in [2.05, 4.69) is 46.3 Å².